The molecule has 17 nitrogen and oxygen atoms in total. The summed E-state index contributed by atoms with van der Waals surface area (Å²) in [6.07, 6.45) is -4.37. The first-order valence-corrected chi connectivity index (χ1v) is 13.2. The number of hydrogen-bond donors (Lipinski definition) is 6. The van der Waals surface area contributed by atoms with Gasteiger partial charge in [-0.3, -0.25) is 18.9 Å². The standard InChI is InChI=1S/C12H19N2O15P3/c1-6(27-31(21,22)29-32(23,24)28-30(18,19)20)12-4-7(25-9(16)5-12)10(26-12)14-3-2-8(15)13-11(14)17/h2-3,6-7,9-10,16H,4-5H2,1H3,(H,21,22)(H,23,24)(H,13,15,17)(H2,18,19,20)/t6?,7-,9-,10-,12-/m1/s1. The maximum Gasteiger partial charge on any atom is 0.490 e. The Hall–Kier alpha value is -1.03. The van der Waals surface area contributed by atoms with Crippen molar-refractivity contribution in [3.63, 3.8) is 0 Å². The SMILES string of the molecule is CC(OP(=O)(O)OP(=O)(O)OP(=O)(O)O)[C@]12C[C@H](O)O[C@H](C1)[C@H](n1ccc(=O)[nH]c1=O)O2. The number of H-pyrrole nitrogens is 1. The molecule has 3 rings (SSSR count). The van der Waals surface area contributed by atoms with Gasteiger partial charge in [-0.05, 0) is 6.92 Å². The van der Waals surface area contributed by atoms with Gasteiger partial charge in [0.25, 0.3) is 5.56 Å². The Morgan fingerprint density at radius 3 is 2.41 bits per heavy atom. The average Bonchev–Trinajstić information content (AvgIpc) is 2.83. The molecule has 0 aromatic carbocycles. The number of aliphatic hydroxyl groups excluding tert-OH is 1. The summed E-state index contributed by atoms with van der Waals surface area (Å²) < 4.78 is 58.7. The van der Waals surface area contributed by atoms with Crippen molar-refractivity contribution in [1.29, 1.82) is 0 Å². The van der Waals surface area contributed by atoms with Crippen LogP contribution in [0.5, 0.6) is 0 Å². The van der Waals surface area contributed by atoms with Gasteiger partial charge in [-0.1, -0.05) is 0 Å². The lowest BCUT2D eigenvalue weighted by molar-refractivity contribution is -0.186. The number of hydrogen-bond acceptors (Lipinski definition) is 11. The number of rotatable bonds is 8. The molecule has 1 aromatic heterocycles. The number of phosphoric ester groups is 1. The van der Waals surface area contributed by atoms with Gasteiger partial charge in [0.05, 0.1) is 6.10 Å². The van der Waals surface area contributed by atoms with Crippen LogP contribution >= 0.6 is 23.5 Å². The third-order valence-corrected chi connectivity index (χ3v) is 8.56. The number of aromatic amines is 1. The average molecular weight is 524 g/mol. The van der Waals surface area contributed by atoms with Crippen LogP contribution in [0.3, 0.4) is 0 Å². The smallest absolute Gasteiger partial charge is 0.368 e. The maximum atomic E-state index is 12.2. The van der Waals surface area contributed by atoms with E-state index in [0.29, 0.717) is 0 Å². The number of aliphatic hydroxyl groups is 1. The number of fused-ring (bicyclic) bond motifs is 2. The Kier molecular flexibility index (Phi) is 6.91. The zero-order valence-corrected chi connectivity index (χ0v) is 18.7. The van der Waals surface area contributed by atoms with Crippen LogP contribution in [0, 0.1) is 0 Å². The summed E-state index contributed by atoms with van der Waals surface area (Å²) in [5, 5.41) is 10.0. The molecule has 1 aromatic rings. The predicted octanol–water partition coefficient (Wildman–Crippen LogP) is -0.967. The maximum absolute atomic E-state index is 12.2. The molecule has 2 aliphatic rings. The fraction of sp³-hybridized carbons (Fsp3) is 0.667. The van der Waals surface area contributed by atoms with Crippen molar-refractivity contribution in [3.05, 3.63) is 33.1 Å². The Labute approximate surface area is 177 Å². The predicted molar refractivity (Wildman–Crippen MR) is 98.7 cm³/mol. The Morgan fingerprint density at radius 1 is 1.16 bits per heavy atom. The molecule has 3 unspecified atom stereocenters. The summed E-state index contributed by atoms with van der Waals surface area (Å²) in [5.74, 6) is 0. The van der Waals surface area contributed by atoms with Gasteiger partial charge in [0.2, 0.25) is 0 Å². The molecule has 20 heteroatoms. The molecule has 0 aliphatic carbocycles. The zero-order chi connectivity index (χ0) is 24.1. The molecule has 0 amide bonds. The van der Waals surface area contributed by atoms with Gasteiger partial charge in [0.1, 0.15) is 11.7 Å². The molecule has 2 aliphatic heterocycles. The van der Waals surface area contributed by atoms with E-state index in [2.05, 4.69) is 8.62 Å². The monoisotopic (exact) mass is 524 g/mol. The van der Waals surface area contributed by atoms with E-state index < -0.39 is 65.0 Å². The van der Waals surface area contributed by atoms with Crippen molar-refractivity contribution in [3.8, 4) is 0 Å². The van der Waals surface area contributed by atoms with Crippen molar-refractivity contribution < 1.29 is 61.0 Å². The highest BCUT2D eigenvalue weighted by molar-refractivity contribution is 7.66. The van der Waals surface area contributed by atoms with Crippen molar-refractivity contribution in [1.82, 2.24) is 9.55 Å². The zero-order valence-electron chi connectivity index (χ0n) is 16.0. The summed E-state index contributed by atoms with van der Waals surface area (Å²) in [6, 6.07) is 1.03. The first-order valence-electron chi connectivity index (χ1n) is 8.66. The summed E-state index contributed by atoms with van der Waals surface area (Å²) in [7, 11) is -16.8. The lowest BCUT2D eigenvalue weighted by Crippen LogP contribution is -2.47. The lowest BCUT2D eigenvalue weighted by Gasteiger charge is -2.38. The van der Waals surface area contributed by atoms with E-state index in [1.807, 2.05) is 4.98 Å². The highest BCUT2D eigenvalue weighted by Gasteiger charge is 2.58. The van der Waals surface area contributed by atoms with Gasteiger partial charge in [0.15, 0.2) is 12.5 Å². The van der Waals surface area contributed by atoms with E-state index in [0.717, 1.165) is 16.8 Å². The van der Waals surface area contributed by atoms with Gasteiger partial charge in [-0.15, -0.1) is 0 Å². The topological polar surface area (TPSA) is 253 Å². The fourth-order valence-electron chi connectivity index (χ4n) is 3.48. The quantitative estimate of drug-likeness (QED) is 0.224. The summed E-state index contributed by atoms with van der Waals surface area (Å²) in [5.41, 5.74) is -3.11. The molecule has 2 saturated heterocycles. The molecular weight excluding hydrogens is 505 g/mol. The van der Waals surface area contributed by atoms with Crippen LogP contribution in [-0.4, -0.2) is 58.3 Å². The molecule has 7 atom stereocenters. The number of aromatic nitrogens is 2. The lowest BCUT2D eigenvalue weighted by atomic mass is 9.87. The Morgan fingerprint density at radius 2 is 1.81 bits per heavy atom. The minimum absolute atomic E-state index is 0.0861. The fourth-order valence-corrected chi connectivity index (χ4v) is 6.74. The van der Waals surface area contributed by atoms with Crippen LogP contribution in [0.15, 0.2) is 21.9 Å². The van der Waals surface area contributed by atoms with E-state index in [4.69, 9.17) is 23.8 Å². The van der Waals surface area contributed by atoms with Crippen LogP contribution in [0.2, 0.25) is 0 Å². The largest absolute Gasteiger partial charge is 0.490 e. The molecule has 6 N–H and O–H groups in total. The van der Waals surface area contributed by atoms with Crippen LogP contribution in [0.1, 0.15) is 26.0 Å². The number of ether oxygens (including phenoxy) is 2. The minimum Gasteiger partial charge on any atom is -0.368 e. The molecule has 2 bridgehead atoms. The third kappa shape index (κ3) is 5.90. The number of phosphoric acid groups is 3. The molecule has 3 heterocycles. The molecular formula is C12H19N2O15P3. The van der Waals surface area contributed by atoms with E-state index in [9.17, 15) is 38.2 Å². The van der Waals surface area contributed by atoms with Crippen molar-refractivity contribution in [2.75, 3.05) is 0 Å². The summed E-state index contributed by atoms with van der Waals surface area (Å²) in [4.78, 5) is 61.6. The summed E-state index contributed by atoms with van der Waals surface area (Å²) in [6.45, 7) is 1.19. The van der Waals surface area contributed by atoms with Crippen molar-refractivity contribution >= 4 is 23.5 Å². The van der Waals surface area contributed by atoms with Crippen molar-refractivity contribution in [2.45, 2.75) is 50.1 Å². The molecule has 32 heavy (non-hydrogen) atoms. The molecule has 182 valence electrons. The Balaban J connectivity index is 1.82. The number of nitrogens with zero attached hydrogens (tertiary/aromatic N) is 1. The second-order valence-electron chi connectivity index (χ2n) is 6.97. The molecule has 2 fully saturated rings. The highest BCUT2D eigenvalue weighted by atomic mass is 31.3. The third-order valence-electron chi connectivity index (χ3n) is 4.65. The molecule has 0 spiro atoms. The van der Waals surface area contributed by atoms with Crippen LogP contribution < -0.4 is 11.2 Å². The minimum atomic E-state index is -5.73. The number of nitrogens with one attached hydrogen (secondary N) is 1. The first kappa shape index (κ1) is 25.6. The first-order chi connectivity index (χ1) is 14.5. The molecule has 0 radical (unpaired) electrons. The Bertz CT molecular complexity index is 1130. The second kappa shape index (κ2) is 8.64. The van der Waals surface area contributed by atoms with Gasteiger partial charge in [-0.2, -0.15) is 8.62 Å². The van der Waals surface area contributed by atoms with Gasteiger partial charge in [-0.25, -0.2) is 18.5 Å². The van der Waals surface area contributed by atoms with Crippen LogP contribution in [0.25, 0.3) is 0 Å². The van der Waals surface area contributed by atoms with E-state index in [1.54, 1.807) is 0 Å². The second-order valence-corrected chi connectivity index (χ2v) is 11.3. The van der Waals surface area contributed by atoms with Crippen LogP contribution in [-0.2, 0) is 36.3 Å². The van der Waals surface area contributed by atoms with E-state index in [1.165, 1.54) is 6.92 Å². The van der Waals surface area contributed by atoms with E-state index >= 15 is 0 Å². The van der Waals surface area contributed by atoms with Crippen molar-refractivity contribution in [2.24, 2.45) is 0 Å². The van der Waals surface area contributed by atoms with Crippen LogP contribution in [0.4, 0.5) is 0 Å². The highest BCUT2D eigenvalue weighted by Crippen LogP contribution is 2.67. The van der Waals surface area contributed by atoms with E-state index in [-0.39, 0.29) is 12.8 Å². The van der Waals surface area contributed by atoms with Gasteiger partial charge >= 0.3 is 29.2 Å². The van der Waals surface area contributed by atoms with Gasteiger partial charge < -0.3 is 34.2 Å². The molecule has 0 saturated carbocycles. The summed E-state index contributed by atoms with van der Waals surface area (Å²) >= 11 is 0. The van der Waals surface area contributed by atoms with Gasteiger partial charge in [0, 0.05) is 25.1 Å². The normalized spacial score (nSPS) is 32.8.